The first-order valence-electron chi connectivity index (χ1n) is 5.40. The molecule has 1 aliphatic carbocycles. The van der Waals surface area contributed by atoms with Crippen molar-refractivity contribution in [3.8, 4) is 0 Å². The summed E-state index contributed by atoms with van der Waals surface area (Å²) in [5.74, 6) is 0.939. The molecule has 78 valence electrons. The molecule has 1 atom stereocenters. The summed E-state index contributed by atoms with van der Waals surface area (Å²) in [4.78, 5) is 0. The lowest BCUT2D eigenvalue weighted by molar-refractivity contribution is 0.546. The quantitative estimate of drug-likeness (QED) is 0.790. The number of rotatable bonds is 4. The zero-order valence-electron chi connectivity index (χ0n) is 9.25. The molecule has 1 aliphatic rings. The van der Waals surface area contributed by atoms with Crippen molar-refractivity contribution < 1.29 is 0 Å². The Bertz CT molecular complexity index is 312. The predicted molar refractivity (Wildman–Crippen MR) is 57.1 cm³/mol. The van der Waals surface area contributed by atoms with Gasteiger partial charge in [-0.25, -0.2) is 0 Å². The monoisotopic (exact) mass is 193 g/mol. The van der Waals surface area contributed by atoms with Gasteiger partial charge in [0.05, 0.1) is 5.69 Å². The zero-order chi connectivity index (χ0) is 10.1. The number of hydrogen-bond acceptors (Lipinski definition) is 2. The van der Waals surface area contributed by atoms with Gasteiger partial charge in [0.1, 0.15) is 0 Å². The van der Waals surface area contributed by atoms with Gasteiger partial charge in [-0.05, 0) is 39.2 Å². The fourth-order valence-corrected chi connectivity index (χ4v) is 1.82. The Hall–Kier alpha value is -0.830. The summed E-state index contributed by atoms with van der Waals surface area (Å²) >= 11 is 0. The van der Waals surface area contributed by atoms with Gasteiger partial charge in [-0.1, -0.05) is 0 Å². The van der Waals surface area contributed by atoms with Crippen LogP contribution in [-0.4, -0.2) is 16.3 Å². The molecule has 0 aromatic carbocycles. The molecule has 0 saturated heterocycles. The molecule has 1 N–H and O–H groups in total. The third-order valence-corrected chi connectivity index (χ3v) is 2.93. The molecule has 3 nitrogen and oxygen atoms in total. The van der Waals surface area contributed by atoms with Gasteiger partial charge in [-0.2, -0.15) is 5.10 Å². The van der Waals surface area contributed by atoms with Gasteiger partial charge in [0.15, 0.2) is 0 Å². The van der Waals surface area contributed by atoms with Crippen molar-refractivity contribution in [3.63, 3.8) is 0 Å². The molecular formula is C11H19N3. The van der Waals surface area contributed by atoms with Crippen LogP contribution in [0.25, 0.3) is 0 Å². The van der Waals surface area contributed by atoms with E-state index in [-0.39, 0.29) is 0 Å². The molecule has 1 aromatic rings. The summed E-state index contributed by atoms with van der Waals surface area (Å²) in [6.07, 6.45) is 4.93. The number of nitrogens with one attached hydrogen (secondary N) is 1. The van der Waals surface area contributed by atoms with Crippen LogP contribution < -0.4 is 5.32 Å². The van der Waals surface area contributed by atoms with Crippen molar-refractivity contribution in [3.05, 3.63) is 17.5 Å². The molecule has 3 heteroatoms. The van der Waals surface area contributed by atoms with Crippen LogP contribution in [0.4, 0.5) is 0 Å². The van der Waals surface area contributed by atoms with E-state index in [1.165, 1.54) is 18.4 Å². The first-order chi connectivity index (χ1) is 6.66. The maximum atomic E-state index is 4.35. The van der Waals surface area contributed by atoms with E-state index in [1.807, 2.05) is 11.7 Å². The highest BCUT2D eigenvalue weighted by Gasteiger charge is 2.22. The van der Waals surface area contributed by atoms with E-state index in [9.17, 15) is 0 Å². The van der Waals surface area contributed by atoms with Crippen molar-refractivity contribution in [2.75, 3.05) is 6.54 Å². The number of nitrogens with zero attached hydrogens (tertiary/aromatic N) is 2. The van der Waals surface area contributed by atoms with Gasteiger partial charge in [-0.3, -0.25) is 4.68 Å². The Morgan fingerprint density at radius 1 is 1.64 bits per heavy atom. The lowest BCUT2D eigenvalue weighted by atomic mass is 10.1. The number of aromatic nitrogens is 2. The summed E-state index contributed by atoms with van der Waals surface area (Å²) in [6.45, 7) is 5.45. The molecule has 0 bridgehead atoms. The minimum Gasteiger partial charge on any atom is -0.310 e. The van der Waals surface area contributed by atoms with Crippen molar-refractivity contribution in [2.45, 2.75) is 32.7 Å². The molecule has 14 heavy (non-hydrogen) atoms. The molecule has 1 unspecified atom stereocenters. The van der Waals surface area contributed by atoms with Crippen LogP contribution in [0.5, 0.6) is 0 Å². The molecule has 1 saturated carbocycles. The van der Waals surface area contributed by atoms with Crippen molar-refractivity contribution in [2.24, 2.45) is 13.0 Å². The number of hydrogen-bond donors (Lipinski definition) is 1. The Morgan fingerprint density at radius 3 is 2.86 bits per heavy atom. The highest BCUT2D eigenvalue weighted by atomic mass is 15.3. The van der Waals surface area contributed by atoms with E-state index in [4.69, 9.17) is 0 Å². The standard InChI is InChI=1S/C11H19N3/c1-8(12-6-10-4-5-10)11-7-14(3)13-9(11)2/h7-8,10,12H,4-6H2,1-3H3. The SMILES string of the molecule is Cc1nn(C)cc1C(C)NCC1CC1. The van der Waals surface area contributed by atoms with Crippen LogP contribution in [-0.2, 0) is 7.05 Å². The first kappa shape index (κ1) is 9.71. The fourth-order valence-electron chi connectivity index (χ4n) is 1.82. The van der Waals surface area contributed by atoms with Crippen molar-refractivity contribution >= 4 is 0 Å². The molecule has 0 radical (unpaired) electrons. The molecule has 1 aromatic heterocycles. The Balaban J connectivity index is 1.94. The molecule has 0 spiro atoms. The smallest absolute Gasteiger partial charge is 0.0641 e. The minimum absolute atomic E-state index is 0.435. The molecule has 1 fully saturated rings. The number of aryl methyl sites for hydroxylation is 2. The topological polar surface area (TPSA) is 29.9 Å². The average Bonchev–Trinajstić information content (AvgIpc) is 2.88. The van der Waals surface area contributed by atoms with Gasteiger partial charge in [0.2, 0.25) is 0 Å². The van der Waals surface area contributed by atoms with Crippen LogP contribution in [0.1, 0.15) is 37.1 Å². The lowest BCUT2D eigenvalue weighted by Crippen LogP contribution is -2.21. The van der Waals surface area contributed by atoms with Gasteiger partial charge < -0.3 is 5.32 Å². The first-order valence-corrected chi connectivity index (χ1v) is 5.40. The summed E-state index contributed by atoms with van der Waals surface area (Å²) in [5.41, 5.74) is 2.47. The van der Waals surface area contributed by atoms with Crippen LogP contribution in [0.15, 0.2) is 6.20 Å². The second kappa shape index (κ2) is 3.73. The maximum absolute atomic E-state index is 4.35. The Kier molecular flexibility index (Phi) is 2.59. The molecule has 0 amide bonds. The Morgan fingerprint density at radius 2 is 2.36 bits per heavy atom. The summed E-state index contributed by atoms with van der Waals surface area (Å²) in [7, 11) is 1.98. The van der Waals surface area contributed by atoms with E-state index >= 15 is 0 Å². The summed E-state index contributed by atoms with van der Waals surface area (Å²) in [5, 5.41) is 7.91. The van der Waals surface area contributed by atoms with Gasteiger partial charge in [0.25, 0.3) is 0 Å². The Labute approximate surface area is 85.5 Å². The van der Waals surface area contributed by atoms with Gasteiger partial charge in [0, 0.05) is 24.8 Å². The third kappa shape index (κ3) is 2.15. The summed E-state index contributed by atoms with van der Waals surface area (Å²) < 4.78 is 1.89. The van der Waals surface area contributed by atoms with Gasteiger partial charge in [-0.15, -0.1) is 0 Å². The van der Waals surface area contributed by atoms with Crippen molar-refractivity contribution in [1.29, 1.82) is 0 Å². The van der Waals surface area contributed by atoms with E-state index < -0.39 is 0 Å². The van der Waals surface area contributed by atoms with Crippen molar-refractivity contribution in [1.82, 2.24) is 15.1 Å². The lowest BCUT2D eigenvalue weighted by Gasteiger charge is -2.12. The molecule has 0 aliphatic heterocycles. The highest BCUT2D eigenvalue weighted by molar-refractivity contribution is 5.19. The van der Waals surface area contributed by atoms with E-state index in [2.05, 4.69) is 30.5 Å². The largest absolute Gasteiger partial charge is 0.310 e. The minimum atomic E-state index is 0.435. The van der Waals surface area contributed by atoms with Crippen LogP contribution in [0, 0.1) is 12.8 Å². The van der Waals surface area contributed by atoms with Crippen LogP contribution in [0.3, 0.4) is 0 Å². The predicted octanol–water partition coefficient (Wildman–Crippen LogP) is 1.79. The van der Waals surface area contributed by atoms with E-state index in [1.54, 1.807) is 0 Å². The summed E-state index contributed by atoms with van der Waals surface area (Å²) in [6, 6.07) is 0.435. The molecule has 2 rings (SSSR count). The van der Waals surface area contributed by atoms with Gasteiger partial charge >= 0.3 is 0 Å². The molecule has 1 heterocycles. The second-order valence-corrected chi connectivity index (χ2v) is 4.42. The maximum Gasteiger partial charge on any atom is 0.0641 e. The second-order valence-electron chi connectivity index (χ2n) is 4.42. The molecular weight excluding hydrogens is 174 g/mol. The van der Waals surface area contributed by atoms with Crippen LogP contribution >= 0.6 is 0 Å². The normalized spacial score (nSPS) is 18.5. The third-order valence-electron chi connectivity index (χ3n) is 2.93. The highest BCUT2D eigenvalue weighted by Crippen LogP contribution is 2.28. The zero-order valence-corrected chi connectivity index (χ0v) is 9.25. The van der Waals surface area contributed by atoms with E-state index in [0.29, 0.717) is 6.04 Å². The van der Waals surface area contributed by atoms with Crippen LogP contribution in [0.2, 0.25) is 0 Å². The average molecular weight is 193 g/mol. The fraction of sp³-hybridized carbons (Fsp3) is 0.727. The van der Waals surface area contributed by atoms with E-state index in [0.717, 1.165) is 18.2 Å².